The van der Waals surface area contributed by atoms with E-state index in [1.54, 1.807) is 29.8 Å². The van der Waals surface area contributed by atoms with Crippen molar-refractivity contribution in [2.75, 3.05) is 11.9 Å². The normalized spacial score (nSPS) is 14.5. The van der Waals surface area contributed by atoms with E-state index in [1.807, 2.05) is 49.4 Å². The molecule has 0 aliphatic carbocycles. The molecule has 1 aromatic heterocycles. The van der Waals surface area contributed by atoms with E-state index in [9.17, 15) is 4.79 Å². The summed E-state index contributed by atoms with van der Waals surface area (Å²) in [6.45, 7) is 4.13. The maximum absolute atomic E-state index is 13.1. The topological polar surface area (TPSA) is 78.3 Å². The molecule has 1 aliphatic rings. The van der Waals surface area contributed by atoms with Crippen LogP contribution in [0.25, 0.3) is 0 Å². The lowest BCUT2D eigenvalue weighted by Crippen LogP contribution is -2.29. The molecule has 7 nitrogen and oxygen atoms in total. The molecule has 0 radical (unpaired) electrons. The first kappa shape index (κ1) is 27.1. The number of rotatable bonds is 9. The number of allylic oxidation sites excluding steroid dienone is 1. The Kier molecular flexibility index (Phi) is 8.45. The van der Waals surface area contributed by atoms with E-state index in [0.717, 1.165) is 16.9 Å². The molecule has 1 N–H and O–H groups in total. The molecule has 0 fully saturated rings. The summed E-state index contributed by atoms with van der Waals surface area (Å²) < 4.78 is 13.1. The summed E-state index contributed by atoms with van der Waals surface area (Å²) in [5.41, 5.74) is 3.89. The fourth-order valence-corrected chi connectivity index (χ4v) is 5.56. The Hall–Kier alpha value is -3.46. The predicted molar refractivity (Wildman–Crippen MR) is 154 cm³/mol. The van der Waals surface area contributed by atoms with Gasteiger partial charge in [-0.2, -0.15) is 4.98 Å². The Labute approximate surface area is 241 Å². The molecular weight excluding hydrogens is 555 g/mol. The molecule has 1 atom stereocenters. The standard InChI is InChI=1S/C29H26Cl2N4O3S/c1-3-37-27(36)25-18(2)32-28-33-29(39-17-19-8-5-4-6-9-19)34-35(28)26(25)20-12-14-21(15-13-20)38-16-22-23(30)10-7-11-24(22)31/h4-15,26H,3,16-17H2,1-2H3,(H,32,33,34). The number of ether oxygens (including phenoxy) is 2. The second-order valence-electron chi connectivity index (χ2n) is 8.78. The van der Waals surface area contributed by atoms with Gasteiger partial charge >= 0.3 is 5.97 Å². The van der Waals surface area contributed by atoms with Gasteiger partial charge in [-0.3, -0.25) is 0 Å². The smallest absolute Gasteiger partial charge is 0.338 e. The molecule has 0 saturated heterocycles. The van der Waals surface area contributed by atoms with Gasteiger partial charge in [-0.1, -0.05) is 83.5 Å². The third-order valence-corrected chi connectivity index (χ3v) is 7.80. The second kappa shape index (κ2) is 12.2. The van der Waals surface area contributed by atoms with Crippen molar-refractivity contribution in [1.29, 1.82) is 0 Å². The van der Waals surface area contributed by atoms with Gasteiger partial charge in [-0.25, -0.2) is 9.48 Å². The summed E-state index contributed by atoms with van der Waals surface area (Å²) in [5.74, 6) is 1.53. The zero-order valence-electron chi connectivity index (χ0n) is 21.4. The van der Waals surface area contributed by atoms with E-state index >= 15 is 0 Å². The molecule has 5 rings (SSSR count). The van der Waals surface area contributed by atoms with Crippen LogP contribution in [0.4, 0.5) is 5.95 Å². The first-order valence-electron chi connectivity index (χ1n) is 12.4. The second-order valence-corrected chi connectivity index (χ2v) is 10.5. The number of carbonyl (C=O) groups is 1. The van der Waals surface area contributed by atoms with E-state index in [0.29, 0.717) is 38.2 Å². The fraction of sp³-hybridized carbons (Fsp3) is 0.207. The third-order valence-electron chi connectivity index (χ3n) is 6.18. The highest BCUT2D eigenvalue weighted by atomic mass is 35.5. The van der Waals surface area contributed by atoms with Crippen molar-refractivity contribution in [2.45, 2.75) is 37.4 Å². The first-order chi connectivity index (χ1) is 18.9. The van der Waals surface area contributed by atoms with E-state index in [4.69, 9.17) is 42.8 Å². The maximum atomic E-state index is 13.1. The molecule has 1 aliphatic heterocycles. The van der Waals surface area contributed by atoms with Crippen molar-refractivity contribution >= 4 is 46.9 Å². The van der Waals surface area contributed by atoms with Gasteiger partial charge < -0.3 is 14.8 Å². The number of anilines is 1. The molecule has 10 heteroatoms. The van der Waals surface area contributed by atoms with Crippen molar-refractivity contribution in [3.05, 3.63) is 111 Å². The minimum atomic E-state index is -0.522. The van der Waals surface area contributed by atoms with Gasteiger partial charge in [0.15, 0.2) is 0 Å². The Morgan fingerprint density at radius 1 is 1.03 bits per heavy atom. The molecule has 3 aromatic carbocycles. The molecule has 39 heavy (non-hydrogen) atoms. The quantitative estimate of drug-likeness (QED) is 0.164. The van der Waals surface area contributed by atoms with Crippen LogP contribution in [-0.2, 0) is 21.9 Å². The number of carbonyl (C=O) groups excluding carboxylic acids is 1. The summed E-state index contributed by atoms with van der Waals surface area (Å²) in [4.78, 5) is 17.8. The minimum Gasteiger partial charge on any atom is -0.489 e. The number of nitrogens with one attached hydrogen (secondary N) is 1. The van der Waals surface area contributed by atoms with Gasteiger partial charge in [0.25, 0.3) is 0 Å². The Morgan fingerprint density at radius 2 is 1.74 bits per heavy atom. The predicted octanol–water partition coefficient (Wildman–Crippen LogP) is 7.31. The third kappa shape index (κ3) is 6.08. The molecule has 4 aromatic rings. The van der Waals surface area contributed by atoms with Crippen molar-refractivity contribution < 1.29 is 14.3 Å². The zero-order chi connectivity index (χ0) is 27.4. The Morgan fingerprint density at radius 3 is 2.44 bits per heavy atom. The highest BCUT2D eigenvalue weighted by molar-refractivity contribution is 7.98. The minimum absolute atomic E-state index is 0.230. The van der Waals surface area contributed by atoms with E-state index < -0.39 is 12.0 Å². The van der Waals surface area contributed by atoms with Gasteiger partial charge in [0.2, 0.25) is 11.1 Å². The van der Waals surface area contributed by atoms with Crippen LogP contribution in [0.5, 0.6) is 5.75 Å². The van der Waals surface area contributed by atoms with Crippen LogP contribution in [0.1, 0.15) is 36.6 Å². The van der Waals surface area contributed by atoms with E-state index in [1.165, 1.54) is 17.3 Å². The molecule has 0 amide bonds. The van der Waals surface area contributed by atoms with Gasteiger partial charge in [-0.05, 0) is 49.2 Å². The van der Waals surface area contributed by atoms with Crippen LogP contribution in [0.15, 0.2) is 89.2 Å². The SMILES string of the molecule is CCOC(=O)C1=C(C)Nc2nc(SCc3ccccc3)nn2C1c1ccc(OCc2c(Cl)cccc2Cl)cc1. The molecular formula is C29H26Cl2N4O3S. The van der Waals surface area contributed by atoms with Gasteiger partial charge in [0.1, 0.15) is 18.4 Å². The molecule has 0 spiro atoms. The monoisotopic (exact) mass is 580 g/mol. The van der Waals surface area contributed by atoms with Crippen molar-refractivity contribution in [3.8, 4) is 5.75 Å². The number of esters is 1. The Balaban J connectivity index is 1.42. The lowest BCUT2D eigenvalue weighted by atomic mass is 9.96. The van der Waals surface area contributed by atoms with Crippen LogP contribution in [0.2, 0.25) is 10.0 Å². The van der Waals surface area contributed by atoms with E-state index in [-0.39, 0.29) is 13.2 Å². The number of fused-ring (bicyclic) bond motifs is 1. The highest BCUT2D eigenvalue weighted by Crippen LogP contribution is 2.37. The Bertz CT molecular complexity index is 1490. The van der Waals surface area contributed by atoms with Crippen LogP contribution in [0.3, 0.4) is 0 Å². The number of aromatic nitrogens is 3. The summed E-state index contributed by atoms with van der Waals surface area (Å²) in [6.07, 6.45) is 0. The van der Waals surface area contributed by atoms with Crippen LogP contribution in [-0.4, -0.2) is 27.3 Å². The van der Waals surface area contributed by atoms with Crippen LogP contribution in [0, 0.1) is 0 Å². The summed E-state index contributed by atoms with van der Waals surface area (Å²) >= 11 is 14.1. The summed E-state index contributed by atoms with van der Waals surface area (Å²) in [7, 11) is 0. The van der Waals surface area contributed by atoms with Crippen molar-refractivity contribution in [1.82, 2.24) is 14.8 Å². The van der Waals surface area contributed by atoms with E-state index in [2.05, 4.69) is 17.4 Å². The summed E-state index contributed by atoms with van der Waals surface area (Å²) in [5, 5.41) is 9.72. The molecule has 0 saturated carbocycles. The number of nitrogens with zero attached hydrogens (tertiary/aromatic N) is 3. The molecule has 200 valence electrons. The zero-order valence-corrected chi connectivity index (χ0v) is 23.7. The number of halogens is 2. The molecule has 0 bridgehead atoms. The van der Waals surface area contributed by atoms with Gasteiger partial charge in [-0.15, -0.1) is 5.10 Å². The highest BCUT2D eigenvalue weighted by Gasteiger charge is 2.35. The lowest BCUT2D eigenvalue weighted by Gasteiger charge is -2.28. The summed E-state index contributed by atoms with van der Waals surface area (Å²) in [6, 6.07) is 22.5. The number of thioether (sulfide) groups is 1. The molecule has 1 unspecified atom stereocenters. The average Bonchev–Trinajstić information content (AvgIpc) is 3.34. The largest absolute Gasteiger partial charge is 0.489 e. The van der Waals surface area contributed by atoms with Crippen LogP contribution < -0.4 is 10.1 Å². The number of hydrogen-bond acceptors (Lipinski definition) is 7. The van der Waals surface area contributed by atoms with Gasteiger partial charge in [0.05, 0.1) is 12.2 Å². The van der Waals surface area contributed by atoms with Crippen molar-refractivity contribution in [2.24, 2.45) is 0 Å². The molecule has 2 heterocycles. The van der Waals surface area contributed by atoms with Crippen molar-refractivity contribution in [3.63, 3.8) is 0 Å². The number of hydrogen-bond donors (Lipinski definition) is 1. The fourth-order valence-electron chi connectivity index (χ4n) is 4.27. The maximum Gasteiger partial charge on any atom is 0.338 e. The lowest BCUT2D eigenvalue weighted by molar-refractivity contribution is -0.139. The number of benzene rings is 3. The first-order valence-corrected chi connectivity index (χ1v) is 14.1. The van der Waals surface area contributed by atoms with Crippen LogP contribution >= 0.6 is 35.0 Å². The van der Waals surface area contributed by atoms with Gasteiger partial charge in [0, 0.05) is 27.1 Å². The average molecular weight is 582 g/mol.